The van der Waals surface area contributed by atoms with E-state index in [4.69, 9.17) is 11.6 Å². The van der Waals surface area contributed by atoms with Crippen LogP contribution in [0.1, 0.15) is 30.0 Å². The first-order chi connectivity index (χ1) is 9.06. The first kappa shape index (κ1) is 13.2. The van der Waals surface area contributed by atoms with Crippen LogP contribution >= 0.6 is 34.2 Å². The van der Waals surface area contributed by atoms with Gasteiger partial charge >= 0.3 is 0 Å². The number of halogens is 3. The van der Waals surface area contributed by atoms with Gasteiger partial charge in [-0.2, -0.15) is 0 Å². The number of aryl methyl sites for hydroxylation is 1. The Bertz CT molecular complexity index is 656. The molecule has 1 saturated carbocycles. The van der Waals surface area contributed by atoms with E-state index < -0.39 is 0 Å². The van der Waals surface area contributed by atoms with Gasteiger partial charge in [0, 0.05) is 11.5 Å². The fourth-order valence-electron chi connectivity index (χ4n) is 1.92. The highest BCUT2D eigenvalue weighted by Gasteiger charge is 2.29. The van der Waals surface area contributed by atoms with Crippen molar-refractivity contribution in [2.24, 2.45) is 0 Å². The quantitative estimate of drug-likeness (QED) is 0.549. The zero-order valence-corrected chi connectivity index (χ0v) is 13.2. The molecule has 1 aliphatic rings. The summed E-state index contributed by atoms with van der Waals surface area (Å²) in [5, 5.41) is 0.452. The minimum absolute atomic E-state index is 0.247. The molecule has 1 heterocycles. The van der Waals surface area contributed by atoms with Crippen LogP contribution in [0.5, 0.6) is 0 Å². The molecule has 1 aromatic heterocycles. The molecule has 0 amide bonds. The number of rotatable bonds is 2. The van der Waals surface area contributed by atoms with E-state index in [0.717, 1.165) is 22.1 Å². The molecule has 0 unspecified atom stereocenters. The van der Waals surface area contributed by atoms with Crippen molar-refractivity contribution < 1.29 is 4.39 Å². The maximum atomic E-state index is 13.6. The molecule has 98 valence electrons. The van der Waals surface area contributed by atoms with E-state index >= 15 is 0 Å². The van der Waals surface area contributed by atoms with Crippen molar-refractivity contribution in [3.05, 3.63) is 44.0 Å². The van der Waals surface area contributed by atoms with Crippen molar-refractivity contribution in [1.82, 2.24) is 9.97 Å². The van der Waals surface area contributed by atoms with E-state index in [1.165, 1.54) is 6.07 Å². The average Bonchev–Trinajstić information content (AvgIpc) is 3.20. The van der Waals surface area contributed by atoms with Gasteiger partial charge in [0.25, 0.3) is 0 Å². The van der Waals surface area contributed by atoms with Gasteiger partial charge in [-0.25, -0.2) is 14.4 Å². The first-order valence-electron chi connectivity index (χ1n) is 6.05. The van der Waals surface area contributed by atoms with Crippen LogP contribution in [-0.4, -0.2) is 9.97 Å². The average molecular weight is 389 g/mol. The molecular weight excluding hydrogens is 378 g/mol. The van der Waals surface area contributed by atoms with Gasteiger partial charge in [0.05, 0.1) is 9.26 Å². The van der Waals surface area contributed by atoms with Gasteiger partial charge in [-0.15, -0.1) is 0 Å². The molecule has 2 aromatic rings. The lowest BCUT2D eigenvalue weighted by molar-refractivity contribution is 0.619. The first-order valence-corrected chi connectivity index (χ1v) is 7.51. The minimum Gasteiger partial charge on any atom is -0.232 e. The normalized spacial score (nSPS) is 14.7. The van der Waals surface area contributed by atoms with E-state index in [1.54, 1.807) is 13.0 Å². The molecule has 1 aromatic carbocycles. The molecule has 0 radical (unpaired) electrons. The predicted octanol–water partition coefficient (Wildman–Crippen LogP) is 4.73. The van der Waals surface area contributed by atoms with Crippen LogP contribution in [0, 0.1) is 16.3 Å². The predicted molar refractivity (Wildman–Crippen MR) is 81.9 cm³/mol. The van der Waals surface area contributed by atoms with Gasteiger partial charge in [0.15, 0.2) is 5.82 Å². The Morgan fingerprint density at radius 3 is 2.68 bits per heavy atom. The summed E-state index contributed by atoms with van der Waals surface area (Å²) in [5.41, 5.74) is 2.28. The van der Waals surface area contributed by atoms with Crippen LogP contribution in [0.15, 0.2) is 18.2 Å². The molecule has 0 bridgehead atoms. The van der Waals surface area contributed by atoms with Crippen LogP contribution in [-0.2, 0) is 0 Å². The topological polar surface area (TPSA) is 25.8 Å². The Hall–Kier alpha value is -0.750. The van der Waals surface area contributed by atoms with Gasteiger partial charge < -0.3 is 0 Å². The summed E-state index contributed by atoms with van der Waals surface area (Å²) >= 11 is 8.34. The van der Waals surface area contributed by atoms with E-state index in [2.05, 4.69) is 32.6 Å². The third-order valence-electron chi connectivity index (χ3n) is 3.23. The van der Waals surface area contributed by atoms with Crippen molar-refractivity contribution in [1.29, 1.82) is 0 Å². The summed E-state index contributed by atoms with van der Waals surface area (Å²) < 4.78 is 14.5. The molecular formula is C14H11ClFIN2. The Labute approximate surface area is 129 Å². The van der Waals surface area contributed by atoms with E-state index in [0.29, 0.717) is 28.0 Å². The molecule has 0 spiro atoms. The highest BCUT2D eigenvalue weighted by molar-refractivity contribution is 14.1. The third kappa shape index (κ3) is 2.60. The number of nitrogens with zero attached hydrogens (tertiary/aromatic N) is 2. The standard InChI is InChI=1S/C14H11ClFIN2/c1-7-2-3-9(6-10(7)16)14-18-12(8-4-5-8)11(17)13(15)19-14/h2-3,6,8H,4-5H2,1H3. The molecule has 5 heteroatoms. The SMILES string of the molecule is Cc1ccc(-c2nc(Cl)c(I)c(C3CC3)n2)cc1F. The monoisotopic (exact) mass is 388 g/mol. The molecule has 1 fully saturated rings. The van der Waals surface area contributed by atoms with Gasteiger partial charge in [-0.1, -0.05) is 23.7 Å². The minimum atomic E-state index is -0.247. The van der Waals surface area contributed by atoms with Crippen molar-refractivity contribution >= 4 is 34.2 Å². The number of hydrogen-bond acceptors (Lipinski definition) is 2. The maximum Gasteiger partial charge on any atom is 0.161 e. The van der Waals surface area contributed by atoms with E-state index in [-0.39, 0.29) is 5.82 Å². The molecule has 0 N–H and O–H groups in total. The lowest BCUT2D eigenvalue weighted by atomic mass is 10.1. The van der Waals surface area contributed by atoms with Crippen molar-refractivity contribution in [2.45, 2.75) is 25.7 Å². The van der Waals surface area contributed by atoms with Gasteiger partial charge in [0.2, 0.25) is 0 Å². The zero-order valence-electron chi connectivity index (χ0n) is 10.3. The molecule has 0 atom stereocenters. The second-order valence-corrected chi connectivity index (χ2v) is 6.21. The van der Waals surface area contributed by atoms with E-state index in [1.807, 2.05) is 6.07 Å². The molecule has 0 saturated heterocycles. The smallest absolute Gasteiger partial charge is 0.161 e. The summed E-state index contributed by atoms with van der Waals surface area (Å²) in [7, 11) is 0. The number of aromatic nitrogens is 2. The maximum absolute atomic E-state index is 13.6. The Morgan fingerprint density at radius 1 is 1.32 bits per heavy atom. The molecule has 2 nitrogen and oxygen atoms in total. The molecule has 1 aliphatic carbocycles. The van der Waals surface area contributed by atoms with Crippen LogP contribution in [0.3, 0.4) is 0 Å². The lowest BCUT2D eigenvalue weighted by Crippen LogP contribution is -2.00. The Kier molecular flexibility index (Phi) is 3.47. The molecule has 3 rings (SSSR count). The third-order valence-corrected chi connectivity index (χ3v) is 4.89. The summed E-state index contributed by atoms with van der Waals surface area (Å²) in [4.78, 5) is 8.83. The number of hydrogen-bond donors (Lipinski definition) is 0. The van der Waals surface area contributed by atoms with Gasteiger partial charge in [0.1, 0.15) is 11.0 Å². The molecule has 19 heavy (non-hydrogen) atoms. The lowest BCUT2D eigenvalue weighted by Gasteiger charge is -2.08. The van der Waals surface area contributed by atoms with Crippen LogP contribution in [0.25, 0.3) is 11.4 Å². The van der Waals surface area contributed by atoms with Crippen LogP contribution in [0.4, 0.5) is 4.39 Å². The highest BCUT2D eigenvalue weighted by Crippen LogP contribution is 2.42. The molecule has 0 aliphatic heterocycles. The summed E-state index contributed by atoms with van der Waals surface area (Å²) in [5.74, 6) is 0.747. The van der Waals surface area contributed by atoms with Crippen LogP contribution < -0.4 is 0 Å². The van der Waals surface area contributed by atoms with Crippen molar-refractivity contribution in [3.8, 4) is 11.4 Å². The van der Waals surface area contributed by atoms with Gasteiger partial charge in [-0.05, 0) is 54.0 Å². The summed E-state index contributed by atoms with van der Waals surface area (Å²) in [6, 6.07) is 5.02. The second kappa shape index (κ2) is 4.98. The summed E-state index contributed by atoms with van der Waals surface area (Å²) in [6.07, 6.45) is 2.29. The van der Waals surface area contributed by atoms with E-state index in [9.17, 15) is 4.39 Å². The summed E-state index contributed by atoms with van der Waals surface area (Å²) in [6.45, 7) is 1.73. The zero-order chi connectivity index (χ0) is 13.6. The van der Waals surface area contributed by atoms with Crippen LogP contribution in [0.2, 0.25) is 5.15 Å². The largest absolute Gasteiger partial charge is 0.232 e. The van der Waals surface area contributed by atoms with Gasteiger partial charge in [-0.3, -0.25) is 0 Å². The van der Waals surface area contributed by atoms with Crippen molar-refractivity contribution in [2.75, 3.05) is 0 Å². The Morgan fingerprint density at radius 2 is 2.05 bits per heavy atom. The fourth-order valence-corrected chi connectivity index (χ4v) is 2.78. The number of benzene rings is 1. The Balaban J connectivity index is 2.11. The van der Waals surface area contributed by atoms with Crippen molar-refractivity contribution in [3.63, 3.8) is 0 Å². The second-order valence-electron chi connectivity index (χ2n) is 4.78. The fraction of sp³-hybridized carbons (Fsp3) is 0.286. The highest BCUT2D eigenvalue weighted by atomic mass is 127.